The second-order valence-corrected chi connectivity index (χ2v) is 9.48. The van der Waals surface area contributed by atoms with Crippen molar-refractivity contribution in [1.82, 2.24) is 14.9 Å². The van der Waals surface area contributed by atoms with E-state index in [-0.39, 0.29) is 29.4 Å². The standard InChI is InChI=1S/C26H30F2N6O2/c1-16(2)34-5-4-33(15-23(34)35)26-17(3)25(24-21(28)10-18(27)11-22(24)31-26)30-19-12-20(14-29-13-19)32-6-8-36-9-7-32/h10-14,16H,4-9,15H2,1-3H3,(H,30,31). The molecule has 1 amide bonds. The van der Waals surface area contributed by atoms with Gasteiger partial charge in [0.05, 0.1) is 60.1 Å². The topological polar surface area (TPSA) is 73.8 Å². The number of hydrogen-bond donors (Lipinski definition) is 1. The van der Waals surface area contributed by atoms with Crippen molar-refractivity contribution in [2.75, 3.05) is 61.1 Å². The molecule has 0 spiro atoms. The second kappa shape index (κ2) is 9.85. The Morgan fingerprint density at radius 3 is 2.53 bits per heavy atom. The first-order valence-corrected chi connectivity index (χ1v) is 12.2. The molecule has 0 unspecified atom stereocenters. The molecule has 4 heterocycles. The van der Waals surface area contributed by atoms with E-state index in [4.69, 9.17) is 4.74 Å². The van der Waals surface area contributed by atoms with Crippen molar-refractivity contribution in [3.8, 4) is 0 Å². The summed E-state index contributed by atoms with van der Waals surface area (Å²) in [7, 11) is 0. The zero-order valence-corrected chi connectivity index (χ0v) is 20.7. The first-order chi connectivity index (χ1) is 17.3. The number of carbonyl (C=O) groups is 1. The highest BCUT2D eigenvalue weighted by Gasteiger charge is 2.29. The summed E-state index contributed by atoms with van der Waals surface area (Å²) in [6.07, 6.45) is 3.46. The van der Waals surface area contributed by atoms with E-state index in [1.807, 2.05) is 36.6 Å². The largest absolute Gasteiger partial charge is 0.378 e. The summed E-state index contributed by atoms with van der Waals surface area (Å²) in [6, 6.07) is 4.15. The molecule has 0 bridgehead atoms. The number of amides is 1. The number of nitrogens with zero attached hydrogens (tertiary/aromatic N) is 5. The van der Waals surface area contributed by atoms with Crippen molar-refractivity contribution in [2.45, 2.75) is 26.8 Å². The number of hydrogen-bond acceptors (Lipinski definition) is 7. The van der Waals surface area contributed by atoms with Gasteiger partial charge in [-0.3, -0.25) is 9.78 Å². The molecule has 8 nitrogen and oxygen atoms in total. The fourth-order valence-electron chi connectivity index (χ4n) is 4.91. The fraction of sp³-hybridized carbons (Fsp3) is 0.423. The van der Waals surface area contributed by atoms with Gasteiger partial charge in [0.1, 0.15) is 17.5 Å². The summed E-state index contributed by atoms with van der Waals surface area (Å²) >= 11 is 0. The third kappa shape index (κ3) is 4.65. The normalized spacial score (nSPS) is 16.8. The number of pyridine rings is 2. The van der Waals surface area contributed by atoms with Gasteiger partial charge in [-0.05, 0) is 26.8 Å². The number of fused-ring (bicyclic) bond motifs is 1. The molecular formula is C26H30F2N6O2. The lowest BCUT2D eigenvalue weighted by Crippen LogP contribution is -2.53. The number of aromatic nitrogens is 2. The molecule has 2 aliphatic heterocycles. The second-order valence-electron chi connectivity index (χ2n) is 9.48. The van der Waals surface area contributed by atoms with Crippen LogP contribution in [0.4, 0.5) is 31.7 Å². The van der Waals surface area contributed by atoms with Gasteiger partial charge in [0.15, 0.2) is 0 Å². The van der Waals surface area contributed by atoms with Crippen molar-refractivity contribution in [1.29, 1.82) is 0 Å². The molecule has 2 aromatic heterocycles. The Bertz CT molecular complexity index is 1300. The van der Waals surface area contributed by atoms with Crippen LogP contribution in [-0.4, -0.2) is 72.8 Å². The third-order valence-electron chi connectivity index (χ3n) is 6.77. The number of piperazine rings is 1. The summed E-state index contributed by atoms with van der Waals surface area (Å²) < 4.78 is 34.7. The average Bonchev–Trinajstić information content (AvgIpc) is 2.86. The highest BCUT2D eigenvalue weighted by Crippen LogP contribution is 2.37. The van der Waals surface area contributed by atoms with Crippen LogP contribution in [0.25, 0.3) is 10.9 Å². The molecule has 0 saturated carbocycles. The molecule has 3 aromatic rings. The lowest BCUT2D eigenvalue weighted by molar-refractivity contribution is -0.132. The predicted octanol–water partition coefficient (Wildman–Crippen LogP) is 3.85. The zero-order chi connectivity index (χ0) is 25.4. The average molecular weight is 497 g/mol. The van der Waals surface area contributed by atoms with Gasteiger partial charge in [-0.15, -0.1) is 0 Å². The smallest absolute Gasteiger partial charge is 0.242 e. The molecule has 1 N–H and O–H groups in total. The summed E-state index contributed by atoms with van der Waals surface area (Å²) in [5, 5.41) is 3.52. The van der Waals surface area contributed by atoms with Gasteiger partial charge in [-0.25, -0.2) is 13.8 Å². The first-order valence-electron chi connectivity index (χ1n) is 12.2. The van der Waals surface area contributed by atoms with E-state index < -0.39 is 11.6 Å². The van der Waals surface area contributed by atoms with Crippen LogP contribution >= 0.6 is 0 Å². The molecule has 5 rings (SSSR count). The number of ether oxygens (including phenoxy) is 1. The lowest BCUT2D eigenvalue weighted by Gasteiger charge is -2.38. The Kier molecular flexibility index (Phi) is 6.61. The van der Waals surface area contributed by atoms with Crippen LogP contribution in [-0.2, 0) is 9.53 Å². The molecular weight excluding hydrogens is 466 g/mol. The minimum Gasteiger partial charge on any atom is -0.378 e. The number of nitrogens with one attached hydrogen (secondary N) is 1. The van der Waals surface area contributed by atoms with Gasteiger partial charge < -0.3 is 24.8 Å². The van der Waals surface area contributed by atoms with Gasteiger partial charge in [0.2, 0.25) is 5.91 Å². The molecule has 0 aliphatic carbocycles. The fourth-order valence-corrected chi connectivity index (χ4v) is 4.91. The molecule has 2 aliphatic rings. The monoisotopic (exact) mass is 496 g/mol. The van der Waals surface area contributed by atoms with Gasteiger partial charge in [0.25, 0.3) is 0 Å². The highest BCUT2D eigenvalue weighted by molar-refractivity contribution is 5.98. The Morgan fingerprint density at radius 2 is 1.81 bits per heavy atom. The number of carbonyl (C=O) groups excluding carboxylic acids is 1. The Balaban J connectivity index is 1.55. The van der Waals surface area contributed by atoms with Crippen LogP contribution in [0.1, 0.15) is 19.4 Å². The van der Waals surface area contributed by atoms with E-state index in [1.54, 1.807) is 12.4 Å². The molecule has 2 fully saturated rings. The van der Waals surface area contributed by atoms with Gasteiger partial charge >= 0.3 is 0 Å². The molecule has 190 valence electrons. The maximum Gasteiger partial charge on any atom is 0.242 e. The number of morpholine rings is 1. The summed E-state index contributed by atoms with van der Waals surface area (Å²) in [5.74, 6) is -0.874. The zero-order valence-electron chi connectivity index (χ0n) is 20.7. The van der Waals surface area contributed by atoms with Gasteiger partial charge in [-0.1, -0.05) is 0 Å². The van der Waals surface area contributed by atoms with Crippen molar-refractivity contribution in [3.05, 3.63) is 47.8 Å². The predicted molar refractivity (Wildman–Crippen MR) is 136 cm³/mol. The minimum absolute atomic E-state index is 0.000101. The highest BCUT2D eigenvalue weighted by atomic mass is 19.1. The minimum atomic E-state index is -0.704. The molecule has 2 saturated heterocycles. The summed E-state index contributed by atoms with van der Waals surface area (Å²) in [6.45, 7) is 9.92. The quantitative estimate of drug-likeness (QED) is 0.575. The van der Waals surface area contributed by atoms with Crippen molar-refractivity contribution in [2.24, 2.45) is 0 Å². The number of rotatable bonds is 5. The first kappa shape index (κ1) is 24.2. The Labute approximate surface area is 208 Å². The van der Waals surface area contributed by atoms with E-state index in [0.29, 0.717) is 49.1 Å². The van der Waals surface area contributed by atoms with Crippen LogP contribution in [0, 0.1) is 18.6 Å². The van der Waals surface area contributed by atoms with Crippen LogP contribution in [0.15, 0.2) is 30.6 Å². The Hall–Kier alpha value is -3.53. The summed E-state index contributed by atoms with van der Waals surface area (Å²) in [4.78, 5) is 27.6. The van der Waals surface area contributed by atoms with Crippen molar-refractivity contribution >= 4 is 39.7 Å². The maximum absolute atomic E-state index is 15.1. The van der Waals surface area contributed by atoms with Crippen LogP contribution in [0.2, 0.25) is 0 Å². The molecule has 36 heavy (non-hydrogen) atoms. The van der Waals surface area contributed by atoms with E-state index >= 15 is 4.39 Å². The Morgan fingerprint density at radius 1 is 1.03 bits per heavy atom. The molecule has 0 radical (unpaired) electrons. The van der Waals surface area contributed by atoms with E-state index in [0.717, 1.165) is 24.8 Å². The summed E-state index contributed by atoms with van der Waals surface area (Å²) in [5.41, 5.74) is 2.95. The SMILES string of the molecule is Cc1c(N2CCN(C(C)C)C(=O)C2)nc2cc(F)cc(F)c2c1Nc1cncc(N2CCOCC2)c1. The van der Waals surface area contributed by atoms with E-state index in [9.17, 15) is 9.18 Å². The lowest BCUT2D eigenvalue weighted by atomic mass is 10.1. The maximum atomic E-state index is 15.1. The number of anilines is 4. The number of benzene rings is 1. The molecule has 0 atom stereocenters. The van der Waals surface area contributed by atoms with E-state index in [1.165, 1.54) is 6.07 Å². The van der Waals surface area contributed by atoms with Crippen molar-refractivity contribution < 1.29 is 18.3 Å². The van der Waals surface area contributed by atoms with Crippen LogP contribution in [0.3, 0.4) is 0 Å². The number of halogens is 2. The molecule has 1 aromatic carbocycles. The van der Waals surface area contributed by atoms with Crippen LogP contribution < -0.4 is 15.1 Å². The van der Waals surface area contributed by atoms with Crippen LogP contribution in [0.5, 0.6) is 0 Å². The van der Waals surface area contributed by atoms with E-state index in [2.05, 4.69) is 20.2 Å². The third-order valence-corrected chi connectivity index (χ3v) is 6.77. The van der Waals surface area contributed by atoms with Gasteiger partial charge in [-0.2, -0.15) is 0 Å². The molecule has 10 heteroatoms. The van der Waals surface area contributed by atoms with Crippen molar-refractivity contribution in [3.63, 3.8) is 0 Å². The van der Waals surface area contributed by atoms with Gasteiger partial charge in [0, 0.05) is 49.9 Å².